The van der Waals surface area contributed by atoms with Crippen LogP contribution < -0.4 is 10.6 Å². The highest BCUT2D eigenvalue weighted by Gasteiger charge is 2.23. The third-order valence-corrected chi connectivity index (χ3v) is 3.61. The number of hydrogen-bond acceptors (Lipinski definition) is 1. The molecule has 0 heterocycles. The Morgan fingerprint density at radius 2 is 2.00 bits per heavy atom. The molecule has 0 aromatic heterocycles. The first-order valence-corrected chi connectivity index (χ1v) is 6.59. The molecule has 5 heteroatoms. The van der Waals surface area contributed by atoms with Gasteiger partial charge in [0.25, 0.3) is 0 Å². The van der Waals surface area contributed by atoms with Crippen LogP contribution in [0.25, 0.3) is 0 Å². The lowest BCUT2D eigenvalue weighted by Crippen LogP contribution is -2.43. The molecule has 2 N–H and O–H groups in total. The predicted molar refractivity (Wildman–Crippen MR) is 69.9 cm³/mol. The SMILES string of the molecule is C[C@@H]1CCCC[C@@H]1NC(=O)Nc1ccc(F)cc1F. The first kappa shape index (κ1) is 13.8. The Labute approximate surface area is 111 Å². The van der Waals surface area contributed by atoms with Crippen molar-refractivity contribution in [3.63, 3.8) is 0 Å². The van der Waals surface area contributed by atoms with Crippen LogP contribution in [0.4, 0.5) is 19.3 Å². The summed E-state index contributed by atoms with van der Waals surface area (Å²) in [6.45, 7) is 2.10. The van der Waals surface area contributed by atoms with E-state index in [0.29, 0.717) is 5.92 Å². The first-order valence-electron chi connectivity index (χ1n) is 6.59. The van der Waals surface area contributed by atoms with Crippen molar-refractivity contribution in [1.82, 2.24) is 5.32 Å². The number of nitrogens with one attached hydrogen (secondary N) is 2. The van der Waals surface area contributed by atoms with E-state index in [1.807, 2.05) is 0 Å². The second-order valence-electron chi connectivity index (χ2n) is 5.09. The van der Waals surface area contributed by atoms with Crippen molar-refractivity contribution in [2.75, 3.05) is 5.32 Å². The van der Waals surface area contributed by atoms with E-state index in [4.69, 9.17) is 0 Å². The zero-order chi connectivity index (χ0) is 13.8. The fourth-order valence-electron chi connectivity index (χ4n) is 2.45. The van der Waals surface area contributed by atoms with E-state index in [0.717, 1.165) is 31.4 Å². The van der Waals surface area contributed by atoms with Gasteiger partial charge in [0.2, 0.25) is 0 Å². The molecule has 1 aliphatic carbocycles. The van der Waals surface area contributed by atoms with E-state index in [1.54, 1.807) is 0 Å². The summed E-state index contributed by atoms with van der Waals surface area (Å²) in [7, 11) is 0. The third kappa shape index (κ3) is 3.66. The summed E-state index contributed by atoms with van der Waals surface area (Å²) < 4.78 is 26.1. The molecule has 0 aliphatic heterocycles. The van der Waals surface area contributed by atoms with Crippen molar-refractivity contribution in [2.24, 2.45) is 5.92 Å². The summed E-state index contributed by atoms with van der Waals surface area (Å²) >= 11 is 0. The zero-order valence-corrected chi connectivity index (χ0v) is 10.9. The van der Waals surface area contributed by atoms with Gasteiger partial charge in [0.05, 0.1) is 5.69 Å². The molecule has 104 valence electrons. The minimum Gasteiger partial charge on any atom is -0.335 e. The Morgan fingerprint density at radius 3 is 2.68 bits per heavy atom. The van der Waals surface area contributed by atoms with Gasteiger partial charge in [0.15, 0.2) is 0 Å². The molecule has 2 atom stereocenters. The summed E-state index contributed by atoms with van der Waals surface area (Å²) in [6.07, 6.45) is 4.32. The zero-order valence-electron chi connectivity index (χ0n) is 10.9. The fourth-order valence-corrected chi connectivity index (χ4v) is 2.45. The van der Waals surface area contributed by atoms with Crippen LogP contribution >= 0.6 is 0 Å². The van der Waals surface area contributed by atoms with Crippen LogP contribution in [-0.4, -0.2) is 12.1 Å². The van der Waals surface area contributed by atoms with Crippen LogP contribution in [0.15, 0.2) is 18.2 Å². The van der Waals surface area contributed by atoms with E-state index < -0.39 is 17.7 Å². The number of amides is 2. The highest BCUT2D eigenvalue weighted by molar-refractivity contribution is 5.89. The van der Waals surface area contributed by atoms with Gasteiger partial charge >= 0.3 is 6.03 Å². The molecular formula is C14H18F2N2O. The highest BCUT2D eigenvalue weighted by Crippen LogP contribution is 2.24. The van der Waals surface area contributed by atoms with E-state index in [2.05, 4.69) is 17.6 Å². The Morgan fingerprint density at radius 1 is 1.26 bits per heavy atom. The summed E-state index contributed by atoms with van der Waals surface area (Å²) in [6, 6.07) is 2.76. The molecule has 0 unspecified atom stereocenters. The molecule has 1 saturated carbocycles. The standard InChI is InChI=1S/C14H18F2N2O/c1-9-4-2-3-5-12(9)17-14(19)18-13-7-6-10(15)8-11(13)16/h6-9,12H,2-5H2,1H3,(H2,17,18,19)/t9-,12+/m1/s1. The molecule has 0 bridgehead atoms. The average molecular weight is 268 g/mol. The lowest BCUT2D eigenvalue weighted by atomic mass is 9.86. The van der Waals surface area contributed by atoms with Crippen molar-refractivity contribution < 1.29 is 13.6 Å². The normalized spacial score (nSPS) is 22.9. The third-order valence-electron chi connectivity index (χ3n) is 3.61. The average Bonchev–Trinajstić information content (AvgIpc) is 2.36. The van der Waals surface area contributed by atoms with E-state index in [1.165, 1.54) is 12.5 Å². The smallest absolute Gasteiger partial charge is 0.319 e. The molecule has 3 nitrogen and oxygen atoms in total. The van der Waals surface area contributed by atoms with Gasteiger partial charge in [0, 0.05) is 12.1 Å². The Balaban J connectivity index is 1.93. The summed E-state index contributed by atoms with van der Waals surface area (Å²) in [5, 5.41) is 5.26. The quantitative estimate of drug-likeness (QED) is 0.844. The molecule has 2 amide bonds. The fraction of sp³-hybridized carbons (Fsp3) is 0.500. The maximum atomic E-state index is 13.4. The van der Waals surface area contributed by atoms with Crippen LogP contribution in [0.2, 0.25) is 0 Å². The first-order chi connectivity index (χ1) is 9.06. The van der Waals surface area contributed by atoms with E-state index in [-0.39, 0.29) is 11.7 Å². The maximum Gasteiger partial charge on any atom is 0.319 e. The summed E-state index contributed by atoms with van der Waals surface area (Å²) in [5.74, 6) is -1.01. The highest BCUT2D eigenvalue weighted by atomic mass is 19.1. The van der Waals surface area contributed by atoms with Crippen LogP contribution in [0, 0.1) is 17.6 Å². The second kappa shape index (κ2) is 5.99. The number of hydrogen-bond donors (Lipinski definition) is 2. The minimum absolute atomic E-state index is 0.0117. The van der Waals surface area contributed by atoms with Crippen molar-refractivity contribution in [3.8, 4) is 0 Å². The molecule has 0 saturated heterocycles. The Kier molecular flexibility index (Phi) is 4.35. The van der Waals surface area contributed by atoms with Crippen LogP contribution in [-0.2, 0) is 0 Å². The van der Waals surface area contributed by atoms with Gasteiger partial charge in [-0.2, -0.15) is 0 Å². The van der Waals surface area contributed by atoms with Gasteiger partial charge in [-0.1, -0.05) is 19.8 Å². The number of carbonyl (C=O) groups is 1. The summed E-state index contributed by atoms with van der Waals surface area (Å²) in [5.41, 5.74) is -0.0117. The minimum atomic E-state index is -0.771. The monoisotopic (exact) mass is 268 g/mol. The topological polar surface area (TPSA) is 41.1 Å². The second-order valence-corrected chi connectivity index (χ2v) is 5.09. The van der Waals surface area contributed by atoms with Gasteiger partial charge in [-0.05, 0) is 30.9 Å². The molecule has 0 spiro atoms. The molecule has 19 heavy (non-hydrogen) atoms. The van der Waals surface area contributed by atoms with Gasteiger partial charge < -0.3 is 10.6 Å². The van der Waals surface area contributed by atoms with Crippen LogP contribution in [0.3, 0.4) is 0 Å². The number of urea groups is 1. The number of benzene rings is 1. The van der Waals surface area contributed by atoms with Crippen molar-refractivity contribution in [2.45, 2.75) is 38.6 Å². The number of anilines is 1. The Hall–Kier alpha value is -1.65. The van der Waals surface area contributed by atoms with Crippen molar-refractivity contribution in [3.05, 3.63) is 29.8 Å². The predicted octanol–water partition coefficient (Wildman–Crippen LogP) is 3.67. The lowest BCUT2D eigenvalue weighted by Gasteiger charge is -2.29. The van der Waals surface area contributed by atoms with Crippen molar-refractivity contribution >= 4 is 11.7 Å². The lowest BCUT2D eigenvalue weighted by molar-refractivity contribution is 0.232. The number of rotatable bonds is 2. The van der Waals surface area contributed by atoms with Crippen LogP contribution in [0.1, 0.15) is 32.6 Å². The molecule has 1 aromatic carbocycles. The van der Waals surface area contributed by atoms with Gasteiger partial charge in [-0.3, -0.25) is 0 Å². The molecule has 1 aliphatic rings. The Bertz CT molecular complexity index is 465. The van der Waals surface area contributed by atoms with Crippen molar-refractivity contribution in [1.29, 1.82) is 0 Å². The van der Waals surface area contributed by atoms with Gasteiger partial charge in [-0.15, -0.1) is 0 Å². The summed E-state index contributed by atoms with van der Waals surface area (Å²) in [4.78, 5) is 11.8. The largest absolute Gasteiger partial charge is 0.335 e. The van der Waals surface area contributed by atoms with Crippen LogP contribution in [0.5, 0.6) is 0 Å². The molecule has 1 fully saturated rings. The number of halogens is 2. The van der Waals surface area contributed by atoms with Gasteiger partial charge in [0.1, 0.15) is 11.6 Å². The van der Waals surface area contributed by atoms with E-state index >= 15 is 0 Å². The maximum absolute atomic E-state index is 13.4. The molecule has 1 aromatic rings. The molecule has 0 radical (unpaired) electrons. The van der Waals surface area contributed by atoms with Gasteiger partial charge in [-0.25, -0.2) is 13.6 Å². The number of carbonyl (C=O) groups excluding carboxylic acids is 1. The van der Waals surface area contributed by atoms with E-state index in [9.17, 15) is 13.6 Å². The molecular weight excluding hydrogens is 250 g/mol. The molecule has 2 rings (SSSR count).